The van der Waals surface area contributed by atoms with Gasteiger partial charge in [0.15, 0.2) is 0 Å². The van der Waals surface area contributed by atoms with Crippen molar-refractivity contribution in [3.63, 3.8) is 0 Å². The molecule has 0 aliphatic carbocycles. The van der Waals surface area contributed by atoms with Gasteiger partial charge < -0.3 is 10.2 Å². The predicted molar refractivity (Wildman–Crippen MR) is 117 cm³/mol. The molecule has 5 nitrogen and oxygen atoms in total. The first kappa shape index (κ1) is 20.8. The van der Waals surface area contributed by atoms with Gasteiger partial charge in [-0.05, 0) is 36.1 Å². The van der Waals surface area contributed by atoms with Gasteiger partial charge in [-0.15, -0.1) is 22.7 Å². The van der Waals surface area contributed by atoms with Crippen LogP contribution in [0.1, 0.15) is 23.0 Å². The molecule has 1 aromatic carbocycles. The molecule has 9 heteroatoms. The van der Waals surface area contributed by atoms with Crippen molar-refractivity contribution in [2.75, 3.05) is 18.4 Å². The zero-order valence-electron chi connectivity index (χ0n) is 14.9. The second-order valence-electron chi connectivity index (χ2n) is 5.91. The summed E-state index contributed by atoms with van der Waals surface area (Å²) in [6.07, 6.45) is 2.30. The highest BCUT2D eigenvalue weighted by atomic mass is 35.5. The molecule has 1 N–H and O–H groups in total. The standard InChI is InChI=1S/C19H17Cl2N3O2S2/c1-2-7-24(11-17(25)23-14-9-12(20)5-6-13(14)21)19(26)16-10-22-18(28-16)15-4-3-8-27-15/h3-6,8-10H,2,7,11H2,1H3,(H,23,25). The minimum atomic E-state index is -0.339. The van der Waals surface area contributed by atoms with Gasteiger partial charge in [0.05, 0.1) is 21.8 Å². The molecule has 2 amide bonds. The maximum Gasteiger partial charge on any atom is 0.266 e. The molecular formula is C19H17Cl2N3O2S2. The molecule has 0 unspecified atom stereocenters. The lowest BCUT2D eigenvalue weighted by molar-refractivity contribution is -0.116. The summed E-state index contributed by atoms with van der Waals surface area (Å²) < 4.78 is 0. The van der Waals surface area contributed by atoms with Gasteiger partial charge in [-0.2, -0.15) is 0 Å². The van der Waals surface area contributed by atoms with E-state index in [1.807, 2.05) is 24.4 Å². The van der Waals surface area contributed by atoms with E-state index < -0.39 is 0 Å². The molecule has 0 saturated carbocycles. The topological polar surface area (TPSA) is 62.3 Å². The number of thiazole rings is 1. The Morgan fingerprint density at radius 2 is 2.07 bits per heavy atom. The highest BCUT2D eigenvalue weighted by molar-refractivity contribution is 7.22. The van der Waals surface area contributed by atoms with Crippen LogP contribution in [0.4, 0.5) is 5.69 Å². The van der Waals surface area contributed by atoms with Gasteiger partial charge in [-0.3, -0.25) is 9.59 Å². The molecule has 3 aromatic rings. The molecule has 0 radical (unpaired) electrons. The zero-order valence-corrected chi connectivity index (χ0v) is 18.1. The van der Waals surface area contributed by atoms with Crippen LogP contribution in [-0.2, 0) is 4.79 Å². The van der Waals surface area contributed by atoms with Crippen LogP contribution in [0.15, 0.2) is 41.9 Å². The normalized spacial score (nSPS) is 10.7. The van der Waals surface area contributed by atoms with E-state index in [2.05, 4.69) is 10.3 Å². The Kier molecular flexibility index (Phi) is 7.07. The fraction of sp³-hybridized carbons (Fsp3) is 0.211. The van der Waals surface area contributed by atoms with Crippen molar-refractivity contribution in [1.82, 2.24) is 9.88 Å². The Balaban J connectivity index is 1.71. The molecule has 0 spiro atoms. The Labute approximate surface area is 180 Å². The smallest absolute Gasteiger partial charge is 0.266 e. The van der Waals surface area contributed by atoms with E-state index in [-0.39, 0.29) is 18.4 Å². The number of hydrogen-bond acceptors (Lipinski definition) is 5. The van der Waals surface area contributed by atoms with Crippen LogP contribution in [-0.4, -0.2) is 34.8 Å². The number of aromatic nitrogens is 1. The highest BCUT2D eigenvalue weighted by Crippen LogP contribution is 2.29. The molecule has 0 aliphatic heterocycles. The third-order valence-corrected chi connectivity index (χ3v) is 6.36. The fourth-order valence-corrected chi connectivity index (χ4v) is 4.55. The van der Waals surface area contributed by atoms with Crippen molar-refractivity contribution in [3.05, 3.63) is 56.8 Å². The van der Waals surface area contributed by atoms with Crippen molar-refractivity contribution < 1.29 is 9.59 Å². The van der Waals surface area contributed by atoms with E-state index in [4.69, 9.17) is 23.2 Å². The van der Waals surface area contributed by atoms with Crippen molar-refractivity contribution in [2.24, 2.45) is 0 Å². The van der Waals surface area contributed by atoms with Gasteiger partial charge in [0.25, 0.3) is 5.91 Å². The average Bonchev–Trinajstić information content (AvgIpc) is 3.35. The Morgan fingerprint density at radius 1 is 1.25 bits per heavy atom. The number of benzene rings is 1. The maximum absolute atomic E-state index is 12.9. The lowest BCUT2D eigenvalue weighted by Crippen LogP contribution is -2.38. The number of hydrogen-bond donors (Lipinski definition) is 1. The van der Waals surface area contributed by atoms with Crippen LogP contribution >= 0.6 is 45.9 Å². The van der Waals surface area contributed by atoms with E-state index in [0.717, 1.165) is 16.3 Å². The molecule has 146 valence electrons. The number of nitrogens with zero attached hydrogens (tertiary/aromatic N) is 2. The van der Waals surface area contributed by atoms with Crippen LogP contribution in [0, 0.1) is 0 Å². The molecule has 0 fully saturated rings. The summed E-state index contributed by atoms with van der Waals surface area (Å²) in [5.41, 5.74) is 0.417. The summed E-state index contributed by atoms with van der Waals surface area (Å²) in [5, 5.41) is 6.32. The molecule has 28 heavy (non-hydrogen) atoms. The summed E-state index contributed by atoms with van der Waals surface area (Å²) >= 11 is 14.9. The van der Waals surface area contributed by atoms with E-state index in [1.54, 1.807) is 35.7 Å². The third-order valence-electron chi connectivity index (χ3n) is 3.77. The van der Waals surface area contributed by atoms with Crippen LogP contribution in [0.2, 0.25) is 10.0 Å². The summed E-state index contributed by atoms with van der Waals surface area (Å²) in [7, 11) is 0. The largest absolute Gasteiger partial charge is 0.329 e. The highest BCUT2D eigenvalue weighted by Gasteiger charge is 2.21. The molecule has 3 rings (SSSR count). The average molecular weight is 454 g/mol. The Bertz CT molecular complexity index is 973. The SMILES string of the molecule is CCCN(CC(=O)Nc1cc(Cl)ccc1Cl)C(=O)c1cnc(-c2cccs2)s1. The second kappa shape index (κ2) is 9.52. The third kappa shape index (κ3) is 5.11. The summed E-state index contributed by atoms with van der Waals surface area (Å²) in [5.74, 6) is -0.552. The maximum atomic E-state index is 12.9. The number of halogens is 2. The van der Waals surface area contributed by atoms with Gasteiger partial charge in [-0.1, -0.05) is 36.2 Å². The number of carbonyl (C=O) groups excluding carboxylic acids is 2. The van der Waals surface area contributed by atoms with Crippen LogP contribution in [0.3, 0.4) is 0 Å². The van der Waals surface area contributed by atoms with Crippen molar-refractivity contribution in [2.45, 2.75) is 13.3 Å². The van der Waals surface area contributed by atoms with E-state index >= 15 is 0 Å². The molecule has 2 heterocycles. The van der Waals surface area contributed by atoms with E-state index in [1.165, 1.54) is 16.2 Å². The zero-order chi connectivity index (χ0) is 20.1. The minimum Gasteiger partial charge on any atom is -0.329 e. The molecule has 0 saturated heterocycles. The minimum absolute atomic E-state index is 0.0816. The molecule has 0 aliphatic rings. The Morgan fingerprint density at radius 3 is 2.79 bits per heavy atom. The molecule has 0 atom stereocenters. The summed E-state index contributed by atoms with van der Waals surface area (Å²) in [6.45, 7) is 2.33. The molecule has 2 aromatic heterocycles. The van der Waals surface area contributed by atoms with Crippen LogP contribution < -0.4 is 5.32 Å². The second-order valence-corrected chi connectivity index (χ2v) is 8.73. The lowest BCUT2D eigenvalue weighted by atomic mass is 10.3. The number of nitrogens with one attached hydrogen (secondary N) is 1. The number of rotatable bonds is 7. The summed E-state index contributed by atoms with van der Waals surface area (Å²) in [4.78, 5) is 32.7. The molecular weight excluding hydrogens is 437 g/mol. The quantitative estimate of drug-likeness (QED) is 0.501. The monoisotopic (exact) mass is 453 g/mol. The van der Waals surface area contributed by atoms with Crippen LogP contribution in [0.25, 0.3) is 9.88 Å². The van der Waals surface area contributed by atoms with Crippen molar-refractivity contribution in [3.8, 4) is 9.88 Å². The number of thiophene rings is 1. The lowest BCUT2D eigenvalue weighted by Gasteiger charge is -2.21. The van der Waals surface area contributed by atoms with E-state index in [0.29, 0.717) is 27.2 Å². The summed E-state index contributed by atoms with van der Waals surface area (Å²) in [6, 6.07) is 8.73. The van der Waals surface area contributed by atoms with Gasteiger partial charge in [0, 0.05) is 11.6 Å². The number of carbonyl (C=O) groups is 2. The first-order valence-corrected chi connectivity index (χ1v) is 11.0. The molecule has 0 bridgehead atoms. The first-order chi connectivity index (χ1) is 13.5. The van der Waals surface area contributed by atoms with Gasteiger partial charge >= 0.3 is 0 Å². The van der Waals surface area contributed by atoms with E-state index in [9.17, 15) is 9.59 Å². The van der Waals surface area contributed by atoms with Crippen molar-refractivity contribution in [1.29, 1.82) is 0 Å². The van der Waals surface area contributed by atoms with Crippen LogP contribution in [0.5, 0.6) is 0 Å². The van der Waals surface area contributed by atoms with Gasteiger partial charge in [0.1, 0.15) is 16.4 Å². The predicted octanol–water partition coefficient (Wildman–Crippen LogP) is 5.67. The van der Waals surface area contributed by atoms with Gasteiger partial charge in [0.2, 0.25) is 5.91 Å². The van der Waals surface area contributed by atoms with Crippen molar-refractivity contribution >= 4 is 63.4 Å². The fourth-order valence-electron chi connectivity index (χ4n) is 2.52. The van der Waals surface area contributed by atoms with Gasteiger partial charge in [-0.25, -0.2) is 4.98 Å². The Hall–Kier alpha value is -1.93. The number of anilines is 1. The first-order valence-electron chi connectivity index (χ1n) is 8.51. The number of amides is 2.